The van der Waals surface area contributed by atoms with E-state index in [2.05, 4.69) is 36.0 Å². The van der Waals surface area contributed by atoms with E-state index in [1.165, 1.54) is 6.42 Å². The van der Waals surface area contributed by atoms with Crippen molar-refractivity contribution in [2.45, 2.75) is 51.7 Å². The van der Waals surface area contributed by atoms with Gasteiger partial charge in [-0.25, -0.2) is 4.98 Å². The first-order valence-electron chi connectivity index (χ1n) is 6.52. The minimum atomic E-state index is 0.227. The number of rotatable bonds is 4. The Balaban J connectivity index is 2.14. The molecular formula is C13H23N3O. The summed E-state index contributed by atoms with van der Waals surface area (Å²) in [6.45, 7) is 7.71. The fourth-order valence-corrected chi connectivity index (χ4v) is 2.47. The normalized spacial score (nSPS) is 23.5. The Kier molecular flexibility index (Phi) is 3.84. The Morgan fingerprint density at radius 3 is 2.88 bits per heavy atom. The highest BCUT2D eigenvalue weighted by Crippen LogP contribution is 2.33. The minimum Gasteiger partial charge on any atom is -0.442 e. The summed E-state index contributed by atoms with van der Waals surface area (Å²) in [5.41, 5.74) is 0. The van der Waals surface area contributed by atoms with Gasteiger partial charge in [-0.3, -0.25) is 4.90 Å². The van der Waals surface area contributed by atoms with Crippen LogP contribution in [0.3, 0.4) is 0 Å². The topological polar surface area (TPSA) is 41.3 Å². The predicted molar refractivity (Wildman–Crippen MR) is 67.8 cm³/mol. The minimum absolute atomic E-state index is 0.227. The average molecular weight is 237 g/mol. The van der Waals surface area contributed by atoms with Gasteiger partial charge in [-0.15, -0.1) is 0 Å². The summed E-state index contributed by atoms with van der Waals surface area (Å²) in [6, 6.07) is 1.15. The van der Waals surface area contributed by atoms with Gasteiger partial charge in [0, 0.05) is 6.04 Å². The molecule has 0 radical (unpaired) electrons. The van der Waals surface area contributed by atoms with Crippen LogP contribution < -0.4 is 5.32 Å². The van der Waals surface area contributed by atoms with Gasteiger partial charge < -0.3 is 9.73 Å². The molecule has 1 aliphatic heterocycles. The molecule has 0 amide bonds. The molecule has 1 N–H and O–H groups in total. The maximum absolute atomic E-state index is 5.89. The second-order valence-electron chi connectivity index (χ2n) is 5.10. The Morgan fingerprint density at radius 1 is 1.47 bits per heavy atom. The van der Waals surface area contributed by atoms with Crippen molar-refractivity contribution < 1.29 is 4.42 Å². The molecule has 17 heavy (non-hydrogen) atoms. The molecule has 0 aliphatic carbocycles. The summed E-state index contributed by atoms with van der Waals surface area (Å²) >= 11 is 0. The first kappa shape index (κ1) is 12.6. The van der Waals surface area contributed by atoms with Crippen molar-refractivity contribution in [3.63, 3.8) is 0 Å². The lowest BCUT2D eigenvalue weighted by molar-refractivity contribution is 0.176. The Labute approximate surface area is 103 Å². The first-order valence-corrected chi connectivity index (χ1v) is 6.52. The number of hydrogen-bond donors (Lipinski definition) is 1. The van der Waals surface area contributed by atoms with Crippen LogP contribution in [0.4, 0.5) is 0 Å². The third-order valence-electron chi connectivity index (χ3n) is 3.64. The molecule has 1 aromatic heterocycles. The zero-order chi connectivity index (χ0) is 12.4. The Hall–Kier alpha value is -0.870. The fourth-order valence-electron chi connectivity index (χ4n) is 2.47. The molecule has 2 atom stereocenters. The lowest BCUT2D eigenvalue weighted by atomic mass is 10.2. The smallest absolute Gasteiger partial charge is 0.211 e. The number of oxazole rings is 1. The molecule has 96 valence electrons. The molecule has 2 unspecified atom stereocenters. The highest BCUT2D eigenvalue weighted by atomic mass is 16.4. The van der Waals surface area contributed by atoms with E-state index < -0.39 is 0 Å². The van der Waals surface area contributed by atoms with Gasteiger partial charge in [-0.2, -0.15) is 0 Å². The second-order valence-corrected chi connectivity index (χ2v) is 5.10. The quantitative estimate of drug-likeness (QED) is 0.873. The van der Waals surface area contributed by atoms with E-state index in [-0.39, 0.29) is 6.04 Å². The summed E-state index contributed by atoms with van der Waals surface area (Å²) in [5, 5.41) is 3.17. The van der Waals surface area contributed by atoms with Gasteiger partial charge in [0.1, 0.15) is 5.76 Å². The van der Waals surface area contributed by atoms with Crippen LogP contribution in [0.5, 0.6) is 0 Å². The predicted octanol–water partition coefficient (Wildman–Crippen LogP) is 2.50. The van der Waals surface area contributed by atoms with Crippen molar-refractivity contribution in [3.05, 3.63) is 17.8 Å². The number of aromatic nitrogens is 1. The van der Waals surface area contributed by atoms with Crippen molar-refractivity contribution in [2.24, 2.45) is 0 Å². The van der Waals surface area contributed by atoms with Crippen LogP contribution in [0.25, 0.3) is 0 Å². The molecule has 0 saturated carbocycles. The molecule has 0 aromatic carbocycles. The van der Waals surface area contributed by atoms with Crippen molar-refractivity contribution in [3.8, 4) is 0 Å². The van der Waals surface area contributed by atoms with Crippen molar-refractivity contribution in [1.29, 1.82) is 0 Å². The van der Waals surface area contributed by atoms with Crippen LogP contribution in [-0.4, -0.2) is 29.5 Å². The van der Waals surface area contributed by atoms with Gasteiger partial charge in [-0.05, 0) is 47.2 Å². The van der Waals surface area contributed by atoms with E-state index in [4.69, 9.17) is 4.42 Å². The van der Waals surface area contributed by atoms with E-state index >= 15 is 0 Å². The summed E-state index contributed by atoms with van der Waals surface area (Å²) < 4.78 is 5.89. The molecule has 2 heterocycles. The van der Waals surface area contributed by atoms with Gasteiger partial charge in [0.2, 0.25) is 5.89 Å². The van der Waals surface area contributed by atoms with Crippen LogP contribution in [0.15, 0.2) is 10.6 Å². The number of hydrogen-bond acceptors (Lipinski definition) is 4. The van der Waals surface area contributed by atoms with Gasteiger partial charge in [0.05, 0.1) is 18.3 Å². The zero-order valence-electron chi connectivity index (χ0n) is 11.2. The fraction of sp³-hybridized carbons (Fsp3) is 0.769. The van der Waals surface area contributed by atoms with E-state index in [1.54, 1.807) is 0 Å². The maximum Gasteiger partial charge on any atom is 0.211 e. The van der Waals surface area contributed by atoms with Gasteiger partial charge in [0.25, 0.3) is 0 Å². The average Bonchev–Trinajstić information content (AvgIpc) is 2.95. The molecule has 4 heteroatoms. The molecule has 0 bridgehead atoms. The summed E-state index contributed by atoms with van der Waals surface area (Å²) in [7, 11) is 1.93. The third kappa shape index (κ3) is 2.53. The third-order valence-corrected chi connectivity index (χ3v) is 3.64. The zero-order valence-corrected chi connectivity index (χ0v) is 11.2. The molecule has 1 fully saturated rings. The van der Waals surface area contributed by atoms with Crippen LogP contribution >= 0.6 is 0 Å². The molecular weight excluding hydrogens is 214 g/mol. The first-order chi connectivity index (χ1) is 8.13. The molecule has 0 spiro atoms. The number of nitrogens with zero attached hydrogens (tertiary/aromatic N) is 2. The monoisotopic (exact) mass is 237 g/mol. The van der Waals surface area contributed by atoms with Crippen LogP contribution in [0.2, 0.25) is 0 Å². The summed E-state index contributed by atoms with van der Waals surface area (Å²) in [5.74, 6) is 1.81. The van der Waals surface area contributed by atoms with Gasteiger partial charge >= 0.3 is 0 Å². The van der Waals surface area contributed by atoms with Crippen LogP contribution in [0, 0.1) is 0 Å². The molecule has 1 saturated heterocycles. The van der Waals surface area contributed by atoms with Gasteiger partial charge in [-0.1, -0.05) is 0 Å². The number of nitrogens with one attached hydrogen (secondary N) is 1. The highest BCUT2D eigenvalue weighted by molar-refractivity contribution is 5.04. The second kappa shape index (κ2) is 5.19. The van der Waals surface area contributed by atoms with E-state index in [1.807, 2.05) is 13.2 Å². The van der Waals surface area contributed by atoms with Crippen LogP contribution in [-0.2, 0) is 0 Å². The molecule has 1 aromatic rings. The van der Waals surface area contributed by atoms with E-state index in [9.17, 15) is 0 Å². The maximum atomic E-state index is 5.89. The molecule has 1 aliphatic rings. The SMILES string of the molecule is CNC(C)c1cnc(C2CCCN2C(C)C)o1. The standard InChI is InChI=1S/C13H23N3O/c1-9(2)16-7-5-6-11(16)13-15-8-12(17-13)10(3)14-4/h8-11,14H,5-7H2,1-4H3. The van der Waals surface area contributed by atoms with Gasteiger partial charge in [0.15, 0.2) is 0 Å². The van der Waals surface area contributed by atoms with E-state index in [0.717, 1.165) is 24.6 Å². The van der Waals surface area contributed by atoms with Crippen molar-refractivity contribution in [2.75, 3.05) is 13.6 Å². The largest absolute Gasteiger partial charge is 0.442 e. The summed E-state index contributed by atoms with van der Waals surface area (Å²) in [6.07, 6.45) is 4.25. The van der Waals surface area contributed by atoms with E-state index in [0.29, 0.717) is 12.1 Å². The lowest BCUT2D eigenvalue weighted by Gasteiger charge is -2.25. The van der Waals surface area contributed by atoms with Crippen molar-refractivity contribution >= 4 is 0 Å². The Bertz CT molecular complexity index is 361. The highest BCUT2D eigenvalue weighted by Gasteiger charge is 2.31. The Morgan fingerprint density at radius 2 is 2.24 bits per heavy atom. The molecule has 4 nitrogen and oxygen atoms in total. The lowest BCUT2D eigenvalue weighted by Crippen LogP contribution is -2.30. The van der Waals surface area contributed by atoms with Crippen molar-refractivity contribution in [1.82, 2.24) is 15.2 Å². The molecule has 2 rings (SSSR count). The van der Waals surface area contributed by atoms with Crippen LogP contribution in [0.1, 0.15) is 57.3 Å². The summed E-state index contributed by atoms with van der Waals surface area (Å²) in [4.78, 5) is 6.92. The number of likely N-dealkylation sites (tertiary alicyclic amines) is 1.